The monoisotopic (exact) mass is 263 g/mol. The Morgan fingerprint density at radius 2 is 2.16 bits per heavy atom. The molecule has 0 aromatic heterocycles. The van der Waals surface area contributed by atoms with Gasteiger partial charge in [-0.3, -0.25) is 5.41 Å². The quantitative estimate of drug-likeness (QED) is 0.579. The number of hydrogen-bond acceptors (Lipinski definition) is 4. The second-order valence-electron chi connectivity index (χ2n) is 4.71. The average molecular weight is 263 g/mol. The summed E-state index contributed by atoms with van der Waals surface area (Å²) < 4.78 is 10.4. The van der Waals surface area contributed by atoms with Crippen LogP contribution in [0, 0.1) is 5.41 Å². The first kappa shape index (κ1) is 13.7. The molecule has 1 aromatic rings. The highest BCUT2D eigenvalue weighted by Crippen LogP contribution is 2.35. The highest BCUT2D eigenvalue weighted by atomic mass is 16.5. The van der Waals surface area contributed by atoms with Crippen molar-refractivity contribution in [2.45, 2.75) is 18.9 Å². The zero-order valence-corrected chi connectivity index (χ0v) is 11.5. The van der Waals surface area contributed by atoms with Crippen LogP contribution in [0.3, 0.4) is 0 Å². The van der Waals surface area contributed by atoms with E-state index in [9.17, 15) is 0 Å². The summed E-state index contributed by atoms with van der Waals surface area (Å²) in [5.41, 5.74) is 7.40. The molecular formula is C14H21N3O2. The van der Waals surface area contributed by atoms with Gasteiger partial charge in [-0.05, 0) is 25.0 Å². The van der Waals surface area contributed by atoms with Crippen LogP contribution in [0.5, 0.6) is 5.75 Å². The maximum Gasteiger partial charge on any atom is 0.124 e. The van der Waals surface area contributed by atoms with E-state index >= 15 is 0 Å². The summed E-state index contributed by atoms with van der Waals surface area (Å²) >= 11 is 0. The average Bonchev–Trinajstić information content (AvgIpc) is 3.23. The van der Waals surface area contributed by atoms with Crippen LogP contribution in [0.15, 0.2) is 18.2 Å². The fourth-order valence-electron chi connectivity index (χ4n) is 2.18. The fourth-order valence-corrected chi connectivity index (χ4v) is 2.18. The van der Waals surface area contributed by atoms with Gasteiger partial charge in [0.1, 0.15) is 11.6 Å². The molecule has 0 unspecified atom stereocenters. The van der Waals surface area contributed by atoms with Crippen molar-refractivity contribution in [1.82, 2.24) is 0 Å². The van der Waals surface area contributed by atoms with Gasteiger partial charge in [0.25, 0.3) is 0 Å². The van der Waals surface area contributed by atoms with E-state index in [-0.39, 0.29) is 5.84 Å². The Balaban J connectivity index is 2.34. The topological polar surface area (TPSA) is 71.6 Å². The maximum atomic E-state index is 7.71. The number of nitrogens with zero attached hydrogens (tertiary/aromatic N) is 1. The second-order valence-corrected chi connectivity index (χ2v) is 4.71. The summed E-state index contributed by atoms with van der Waals surface area (Å²) in [5.74, 6) is 0.865. The van der Waals surface area contributed by atoms with E-state index < -0.39 is 0 Å². The van der Waals surface area contributed by atoms with Crippen molar-refractivity contribution in [2.24, 2.45) is 5.73 Å². The molecule has 0 aliphatic heterocycles. The summed E-state index contributed by atoms with van der Waals surface area (Å²) in [5, 5.41) is 7.71. The number of anilines is 1. The molecule has 0 heterocycles. The van der Waals surface area contributed by atoms with Crippen molar-refractivity contribution in [3.8, 4) is 5.75 Å². The maximum absolute atomic E-state index is 7.71. The van der Waals surface area contributed by atoms with Crippen molar-refractivity contribution in [3.05, 3.63) is 23.8 Å². The predicted molar refractivity (Wildman–Crippen MR) is 76.3 cm³/mol. The lowest BCUT2D eigenvalue weighted by molar-refractivity contribution is 0.205. The Kier molecular flexibility index (Phi) is 4.27. The first-order valence-corrected chi connectivity index (χ1v) is 6.45. The number of nitrogens with one attached hydrogen (secondary N) is 1. The molecule has 0 radical (unpaired) electrons. The van der Waals surface area contributed by atoms with Crippen molar-refractivity contribution < 1.29 is 9.47 Å². The van der Waals surface area contributed by atoms with Crippen LogP contribution in [0.2, 0.25) is 0 Å². The van der Waals surface area contributed by atoms with Gasteiger partial charge in [0.2, 0.25) is 0 Å². The Labute approximate surface area is 113 Å². The van der Waals surface area contributed by atoms with Crippen LogP contribution in [-0.2, 0) is 4.74 Å². The van der Waals surface area contributed by atoms with E-state index in [1.54, 1.807) is 14.2 Å². The van der Waals surface area contributed by atoms with Gasteiger partial charge in [0.05, 0.1) is 19.4 Å². The molecule has 0 atom stereocenters. The van der Waals surface area contributed by atoms with Crippen LogP contribution in [0.4, 0.5) is 5.69 Å². The van der Waals surface area contributed by atoms with E-state index in [4.69, 9.17) is 20.6 Å². The zero-order valence-electron chi connectivity index (χ0n) is 11.5. The lowest BCUT2D eigenvalue weighted by Gasteiger charge is -2.27. The van der Waals surface area contributed by atoms with Crippen molar-refractivity contribution in [1.29, 1.82) is 5.41 Å². The molecule has 104 valence electrons. The van der Waals surface area contributed by atoms with Crippen molar-refractivity contribution in [2.75, 3.05) is 32.3 Å². The summed E-state index contributed by atoms with van der Waals surface area (Å²) in [4.78, 5) is 2.27. The lowest BCUT2D eigenvalue weighted by Crippen LogP contribution is -2.31. The number of hydrogen-bond donors (Lipinski definition) is 2. The molecule has 1 fully saturated rings. The fraction of sp³-hybridized carbons (Fsp3) is 0.500. The smallest absolute Gasteiger partial charge is 0.124 e. The standard InChI is InChI=1S/C14H21N3O2/c1-18-8-7-17(10-3-4-10)13-9-11(19-2)5-6-12(13)14(15)16/h5-6,9-10H,3-4,7-8H2,1-2H3,(H3,15,16). The van der Waals surface area contributed by atoms with Crippen LogP contribution in [0.25, 0.3) is 0 Å². The molecule has 0 bridgehead atoms. The van der Waals surface area contributed by atoms with Crippen LogP contribution >= 0.6 is 0 Å². The third-order valence-corrected chi connectivity index (χ3v) is 3.33. The zero-order chi connectivity index (χ0) is 13.8. The Bertz CT molecular complexity index is 458. The van der Waals surface area contributed by atoms with Gasteiger partial charge in [-0.1, -0.05) is 0 Å². The molecule has 1 aromatic carbocycles. The summed E-state index contributed by atoms with van der Waals surface area (Å²) in [6, 6.07) is 6.16. The van der Waals surface area contributed by atoms with E-state index in [1.165, 1.54) is 12.8 Å². The molecule has 5 heteroatoms. The SMILES string of the molecule is COCCN(c1cc(OC)ccc1C(=N)N)C1CC1. The van der Waals surface area contributed by atoms with Crippen LogP contribution in [-0.4, -0.2) is 39.2 Å². The van der Waals surface area contributed by atoms with Crippen LogP contribution < -0.4 is 15.4 Å². The van der Waals surface area contributed by atoms with Crippen molar-refractivity contribution >= 4 is 11.5 Å². The largest absolute Gasteiger partial charge is 0.497 e. The Hall–Kier alpha value is -1.75. The number of ether oxygens (including phenoxy) is 2. The molecule has 1 aliphatic carbocycles. The minimum atomic E-state index is 0.0840. The van der Waals surface area contributed by atoms with Gasteiger partial charge >= 0.3 is 0 Å². The van der Waals surface area contributed by atoms with Gasteiger partial charge in [-0.15, -0.1) is 0 Å². The number of rotatable bonds is 7. The highest BCUT2D eigenvalue weighted by Gasteiger charge is 2.30. The highest BCUT2D eigenvalue weighted by molar-refractivity contribution is 6.00. The van der Waals surface area contributed by atoms with Gasteiger partial charge < -0.3 is 20.1 Å². The molecule has 19 heavy (non-hydrogen) atoms. The number of methoxy groups -OCH3 is 2. The first-order valence-electron chi connectivity index (χ1n) is 6.45. The van der Waals surface area contributed by atoms with E-state index in [1.807, 2.05) is 18.2 Å². The van der Waals surface area contributed by atoms with Gasteiger partial charge in [-0.25, -0.2) is 0 Å². The molecular weight excluding hydrogens is 242 g/mol. The molecule has 0 saturated heterocycles. The predicted octanol–water partition coefficient (Wildman–Crippen LogP) is 1.59. The number of benzene rings is 1. The summed E-state index contributed by atoms with van der Waals surface area (Å²) in [6.07, 6.45) is 2.36. The molecule has 0 amide bonds. The lowest BCUT2D eigenvalue weighted by atomic mass is 10.1. The van der Waals surface area contributed by atoms with Gasteiger partial charge in [0, 0.05) is 31.3 Å². The van der Waals surface area contributed by atoms with E-state index in [2.05, 4.69) is 4.90 Å². The number of nitrogen functional groups attached to an aromatic ring is 1. The van der Waals surface area contributed by atoms with Gasteiger partial charge in [-0.2, -0.15) is 0 Å². The van der Waals surface area contributed by atoms with E-state index in [0.717, 1.165) is 23.5 Å². The molecule has 3 N–H and O–H groups in total. The Morgan fingerprint density at radius 3 is 2.68 bits per heavy atom. The third-order valence-electron chi connectivity index (χ3n) is 3.33. The van der Waals surface area contributed by atoms with E-state index in [0.29, 0.717) is 12.6 Å². The minimum absolute atomic E-state index is 0.0840. The normalized spacial score (nSPS) is 14.2. The second kappa shape index (κ2) is 5.93. The Morgan fingerprint density at radius 1 is 1.42 bits per heavy atom. The number of nitrogens with two attached hydrogens (primary N) is 1. The third kappa shape index (κ3) is 3.17. The first-order chi connectivity index (χ1) is 9.17. The summed E-state index contributed by atoms with van der Waals surface area (Å²) in [7, 11) is 3.34. The molecule has 0 spiro atoms. The number of amidine groups is 1. The van der Waals surface area contributed by atoms with Gasteiger partial charge in [0.15, 0.2) is 0 Å². The summed E-state index contributed by atoms with van der Waals surface area (Å²) in [6.45, 7) is 1.46. The molecule has 1 aliphatic rings. The minimum Gasteiger partial charge on any atom is -0.497 e. The molecule has 1 saturated carbocycles. The molecule has 5 nitrogen and oxygen atoms in total. The molecule has 2 rings (SSSR count). The van der Waals surface area contributed by atoms with Crippen molar-refractivity contribution in [3.63, 3.8) is 0 Å². The van der Waals surface area contributed by atoms with Crippen LogP contribution in [0.1, 0.15) is 18.4 Å².